The van der Waals surface area contributed by atoms with Crippen molar-refractivity contribution in [3.8, 4) is 23.0 Å². The van der Waals surface area contributed by atoms with Gasteiger partial charge in [-0.15, -0.1) is 0 Å². The van der Waals surface area contributed by atoms with Crippen LogP contribution in [0.15, 0.2) is 65.1 Å². The Balaban J connectivity index is 0.00000186. The number of rotatable bonds is 9. The third-order valence-corrected chi connectivity index (χ3v) is 5.51. The molecule has 8 nitrogen and oxygen atoms in total. The van der Waals surface area contributed by atoms with Crippen LogP contribution < -0.4 is 14.8 Å². The van der Waals surface area contributed by atoms with E-state index in [-0.39, 0.29) is 24.1 Å². The number of aromatic nitrogens is 1. The second-order valence-electron chi connectivity index (χ2n) is 7.21. The van der Waals surface area contributed by atoms with Gasteiger partial charge in [-0.05, 0) is 61.5 Å². The highest BCUT2D eigenvalue weighted by Gasteiger charge is 2.12. The first-order chi connectivity index (χ1) is 17.9. The predicted molar refractivity (Wildman–Crippen MR) is 144 cm³/mol. The number of nitrogens with one attached hydrogen (secondary N) is 1. The molecule has 0 bridgehead atoms. The molecule has 0 spiro atoms. The number of ether oxygens (including phenoxy) is 3. The number of amides is 1. The van der Waals surface area contributed by atoms with E-state index < -0.39 is 5.97 Å². The zero-order valence-electron chi connectivity index (χ0n) is 20.5. The molecule has 37 heavy (non-hydrogen) atoms. The average Bonchev–Trinajstić information content (AvgIpc) is 3.33. The molecule has 0 unspecified atom stereocenters. The highest BCUT2D eigenvalue weighted by molar-refractivity contribution is 6.42. The fourth-order valence-electron chi connectivity index (χ4n) is 3.10. The lowest BCUT2D eigenvalue weighted by Crippen LogP contribution is -2.20. The number of esters is 1. The molecule has 1 heterocycles. The number of anilines is 1. The van der Waals surface area contributed by atoms with Crippen LogP contribution in [-0.2, 0) is 14.3 Å². The highest BCUT2D eigenvalue weighted by atomic mass is 35.5. The molecule has 3 aromatic carbocycles. The van der Waals surface area contributed by atoms with Gasteiger partial charge in [0.05, 0.1) is 11.6 Å². The van der Waals surface area contributed by atoms with Gasteiger partial charge >= 0.3 is 5.97 Å². The van der Waals surface area contributed by atoms with Crippen LogP contribution in [0.3, 0.4) is 0 Å². The van der Waals surface area contributed by atoms with E-state index in [0.717, 1.165) is 5.56 Å². The summed E-state index contributed by atoms with van der Waals surface area (Å²) in [6, 6.07) is 17.0. The lowest BCUT2D eigenvalue weighted by molar-refractivity contribution is -0.145. The highest BCUT2D eigenvalue weighted by Crippen LogP contribution is 2.31. The molecule has 1 aromatic heterocycles. The fourth-order valence-corrected chi connectivity index (χ4v) is 3.45. The Morgan fingerprint density at radius 1 is 0.973 bits per heavy atom. The van der Waals surface area contributed by atoms with Gasteiger partial charge in [-0.2, -0.15) is 0 Å². The first-order valence-electron chi connectivity index (χ1n) is 11.6. The largest absolute Gasteiger partial charge is 0.482 e. The van der Waals surface area contributed by atoms with Crippen LogP contribution >= 0.6 is 23.2 Å². The van der Waals surface area contributed by atoms with E-state index in [1.165, 1.54) is 0 Å². The van der Waals surface area contributed by atoms with Crippen LogP contribution in [0.25, 0.3) is 22.6 Å². The van der Waals surface area contributed by atoms with Crippen LogP contribution in [0.1, 0.15) is 20.8 Å². The van der Waals surface area contributed by atoms with Gasteiger partial charge < -0.3 is 23.9 Å². The quantitative estimate of drug-likeness (QED) is 0.231. The standard InChI is InChI=1S/C25H20Cl2N2O6.C2H6/c1-2-32-23(31)14-33-17-9-6-15(7-10-17)25-29-19-12-16(8-11-20(19)35-25)28-22(30)13-34-21-5-3-4-18(26)24(21)27;1-2/h3-12H,2,13-14H2,1H3,(H,28,30);1-2H3. The minimum atomic E-state index is -0.432. The summed E-state index contributed by atoms with van der Waals surface area (Å²) >= 11 is 12.0. The van der Waals surface area contributed by atoms with E-state index in [1.807, 2.05) is 13.8 Å². The van der Waals surface area contributed by atoms with Gasteiger partial charge in [-0.25, -0.2) is 9.78 Å². The van der Waals surface area contributed by atoms with Gasteiger partial charge in [-0.3, -0.25) is 4.79 Å². The first-order valence-corrected chi connectivity index (χ1v) is 12.3. The topological polar surface area (TPSA) is 99.9 Å². The molecule has 0 aliphatic rings. The van der Waals surface area contributed by atoms with Crippen molar-refractivity contribution >= 4 is 51.9 Å². The monoisotopic (exact) mass is 544 g/mol. The Bertz CT molecular complexity index is 1360. The third kappa shape index (κ3) is 7.62. The molecule has 10 heteroatoms. The number of oxazole rings is 1. The second kappa shape index (κ2) is 13.5. The van der Waals surface area contributed by atoms with Crippen LogP contribution in [0.4, 0.5) is 5.69 Å². The normalized spacial score (nSPS) is 10.3. The summed E-state index contributed by atoms with van der Waals surface area (Å²) in [5, 5.41) is 3.34. The maximum Gasteiger partial charge on any atom is 0.344 e. The van der Waals surface area contributed by atoms with Crippen molar-refractivity contribution in [3.05, 3.63) is 70.7 Å². The maximum atomic E-state index is 12.3. The third-order valence-electron chi connectivity index (χ3n) is 4.71. The molecule has 4 rings (SSSR count). The van der Waals surface area contributed by atoms with E-state index in [0.29, 0.717) is 45.8 Å². The first kappa shape index (κ1) is 27.8. The number of hydrogen-bond donors (Lipinski definition) is 1. The fraction of sp³-hybridized carbons (Fsp3) is 0.222. The number of fused-ring (bicyclic) bond motifs is 1. The molecule has 0 saturated heterocycles. The molecule has 0 aliphatic carbocycles. The van der Waals surface area contributed by atoms with Crippen LogP contribution in [-0.4, -0.2) is 36.7 Å². The van der Waals surface area contributed by atoms with Gasteiger partial charge in [0, 0.05) is 11.3 Å². The summed E-state index contributed by atoms with van der Waals surface area (Å²) in [6.07, 6.45) is 0. The average molecular weight is 545 g/mol. The Morgan fingerprint density at radius 2 is 1.73 bits per heavy atom. The zero-order chi connectivity index (χ0) is 26.8. The Hall–Kier alpha value is -3.75. The van der Waals surface area contributed by atoms with Gasteiger partial charge in [0.15, 0.2) is 18.8 Å². The van der Waals surface area contributed by atoms with Crippen molar-refractivity contribution in [2.75, 3.05) is 25.1 Å². The van der Waals surface area contributed by atoms with Crippen molar-refractivity contribution in [3.63, 3.8) is 0 Å². The zero-order valence-corrected chi connectivity index (χ0v) is 22.1. The molecular formula is C27H26Cl2N2O6. The molecule has 4 aromatic rings. The van der Waals surface area contributed by atoms with Crippen molar-refractivity contribution in [1.82, 2.24) is 4.98 Å². The molecule has 0 radical (unpaired) electrons. The smallest absolute Gasteiger partial charge is 0.344 e. The summed E-state index contributed by atoms with van der Waals surface area (Å²) in [7, 11) is 0. The number of halogens is 2. The summed E-state index contributed by atoms with van der Waals surface area (Å²) in [6.45, 7) is 5.63. The Morgan fingerprint density at radius 3 is 2.46 bits per heavy atom. The van der Waals surface area contributed by atoms with Gasteiger partial charge in [-0.1, -0.05) is 43.1 Å². The molecule has 1 N–H and O–H groups in total. The number of carbonyl (C=O) groups is 2. The number of nitrogens with zero attached hydrogens (tertiary/aromatic N) is 1. The second-order valence-corrected chi connectivity index (χ2v) is 7.99. The van der Waals surface area contributed by atoms with Crippen LogP contribution in [0.5, 0.6) is 11.5 Å². The van der Waals surface area contributed by atoms with Crippen molar-refractivity contribution in [2.45, 2.75) is 20.8 Å². The summed E-state index contributed by atoms with van der Waals surface area (Å²) in [5.74, 6) is 0.438. The molecule has 0 atom stereocenters. The summed E-state index contributed by atoms with van der Waals surface area (Å²) in [5.41, 5.74) is 2.38. The SMILES string of the molecule is CC.CCOC(=O)COc1ccc(-c2nc3cc(NC(=O)COc4cccc(Cl)c4Cl)ccc3o2)cc1. The molecule has 0 fully saturated rings. The Labute approximate surface area is 224 Å². The predicted octanol–water partition coefficient (Wildman–Crippen LogP) is 6.79. The molecule has 1 amide bonds. The van der Waals surface area contributed by atoms with E-state index in [1.54, 1.807) is 67.6 Å². The van der Waals surface area contributed by atoms with Crippen LogP contribution in [0.2, 0.25) is 10.0 Å². The van der Waals surface area contributed by atoms with Gasteiger partial charge in [0.2, 0.25) is 5.89 Å². The van der Waals surface area contributed by atoms with Crippen molar-refractivity contribution in [2.24, 2.45) is 0 Å². The molecular weight excluding hydrogens is 519 g/mol. The van der Waals surface area contributed by atoms with E-state index in [2.05, 4.69) is 10.3 Å². The van der Waals surface area contributed by atoms with E-state index in [4.69, 9.17) is 41.8 Å². The molecule has 0 aliphatic heterocycles. The number of carbonyl (C=O) groups excluding carboxylic acids is 2. The molecule has 0 saturated carbocycles. The van der Waals surface area contributed by atoms with Crippen molar-refractivity contribution < 1.29 is 28.2 Å². The summed E-state index contributed by atoms with van der Waals surface area (Å²) in [4.78, 5) is 28.2. The number of hydrogen-bond acceptors (Lipinski definition) is 7. The van der Waals surface area contributed by atoms with E-state index >= 15 is 0 Å². The van der Waals surface area contributed by atoms with E-state index in [9.17, 15) is 9.59 Å². The Kier molecular flexibility index (Phi) is 10.2. The van der Waals surface area contributed by atoms with Crippen molar-refractivity contribution in [1.29, 1.82) is 0 Å². The van der Waals surface area contributed by atoms with Gasteiger partial charge in [0.1, 0.15) is 22.0 Å². The maximum absolute atomic E-state index is 12.3. The number of benzene rings is 3. The minimum Gasteiger partial charge on any atom is -0.482 e. The van der Waals surface area contributed by atoms with Crippen LogP contribution in [0, 0.1) is 0 Å². The minimum absolute atomic E-state index is 0.165. The lowest BCUT2D eigenvalue weighted by Gasteiger charge is -2.09. The lowest BCUT2D eigenvalue weighted by atomic mass is 10.2. The molecule has 194 valence electrons. The summed E-state index contributed by atoms with van der Waals surface area (Å²) < 4.78 is 21.5. The van der Waals surface area contributed by atoms with Gasteiger partial charge in [0.25, 0.3) is 5.91 Å².